The van der Waals surface area contributed by atoms with Gasteiger partial charge in [0.15, 0.2) is 0 Å². The number of phenols is 4. The van der Waals surface area contributed by atoms with E-state index in [-0.39, 0.29) is 93.6 Å². The minimum atomic E-state index is -0.430. The lowest BCUT2D eigenvalue weighted by Crippen LogP contribution is -2.27. The summed E-state index contributed by atoms with van der Waals surface area (Å²) in [6, 6.07) is 14.8. The van der Waals surface area contributed by atoms with Crippen LogP contribution in [0.3, 0.4) is 0 Å². The van der Waals surface area contributed by atoms with Gasteiger partial charge < -0.3 is 29.9 Å². The summed E-state index contributed by atoms with van der Waals surface area (Å²) in [6.07, 6.45) is 22.4. The van der Waals surface area contributed by atoms with Gasteiger partial charge in [-0.1, -0.05) is 201 Å². The summed E-state index contributed by atoms with van der Waals surface area (Å²) >= 11 is 0. The van der Waals surface area contributed by atoms with Crippen LogP contribution >= 0.6 is 0 Å². The van der Waals surface area contributed by atoms with Crippen LogP contribution in [0.15, 0.2) is 68.5 Å². The highest BCUT2D eigenvalue weighted by Gasteiger charge is 2.31. The Labute approximate surface area is 529 Å². The molecule has 0 unspecified atom stereocenters. The molecule has 0 radical (unpaired) electrons. The monoisotopic (exact) mass is 1210 g/mol. The SMILES string of the molecule is CC(C)(C)c1cc(C=N[C@@H]2CCCC[C@H]2N=Cc2cc(OC(=O)CCCCCCCCCCC(=O)Oc3cc(C=N[C@@H]4CCCC[C@H]4N=Cc4cc(C(C)(C)C)cc(C(C)(C)C)c4O)c(O)c(C(C)(C)C)c3)cc(C(C)(C)C)c2O)c(O)c(C(C)(C)C)c1. The molecule has 0 aliphatic heterocycles. The zero-order valence-corrected chi connectivity index (χ0v) is 57.2. The smallest absolute Gasteiger partial charge is 0.311 e. The van der Waals surface area contributed by atoms with Crippen molar-refractivity contribution < 1.29 is 39.5 Å². The Hall–Kier alpha value is -6.30. The maximum atomic E-state index is 13.3. The van der Waals surface area contributed by atoms with Crippen LogP contribution in [0, 0.1) is 0 Å². The molecule has 2 saturated carbocycles. The average molecular weight is 1210 g/mol. The Bertz CT molecular complexity index is 2950. The van der Waals surface area contributed by atoms with E-state index in [1.807, 2.05) is 66.1 Å². The Balaban J connectivity index is 0.970. The van der Waals surface area contributed by atoms with E-state index in [0.717, 1.165) is 112 Å². The highest BCUT2D eigenvalue weighted by atomic mass is 16.5. The molecule has 12 nitrogen and oxygen atoms in total. The topological polar surface area (TPSA) is 183 Å². The second-order valence-electron chi connectivity index (χ2n) is 31.5. The van der Waals surface area contributed by atoms with Crippen LogP contribution in [0.25, 0.3) is 0 Å². The molecule has 4 aromatic carbocycles. The van der Waals surface area contributed by atoms with E-state index in [9.17, 15) is 30.0 Å². The molecule has 0 spiro atoms. The fourth-order valence-corrected chi connectivity index (χ4v) is 11.8. The number of ether oxygens (including phenoxy) is 2. The van der Waals surface area contributed by atoms with Crippen LogP contribution < -0.4 is 9.47 Å². The lowest BCUT2D eigenvalue weighted by Gasteiger charge is -2.28. The van der Waals surface area contributed by atoms with Crippen LogP contribution in [-0.4, -0.2) is 81.4 Å². The van der Waals surface area contributed by atoms with Gasteiger partial charge in [-0.25, -0.2) is 0 Å². The number of benzene rings is 4. The Kier molecular flexibility index (Phi) is 23.8. The number of aromatic hydroxyl groups is 4. The predicted molar refractivity (Wildman–Crippen MR) is 365 cm³/mol. The largest absolute Gasteiger partial charge is 0.507 e. The van der Waals surface area contributed by atoms with E-state index < -0.39 is 10.8 Å². The van der Waals surface area contributed by atoms with Gasteiger partial charge in [0.2, 0.25) is 0 Å². The van der Waals surface area contributed by atoms with Crippen molar-refractivity contribution in [3.05, 3.63) is 104 Å². The van der Waals surface area contributed by atoms with Crippen molar-refractivity contribution in [2.24, 2.45) is 20.0 Å². The normalized spacial score (nSPS) is 18.5. The molecular weight excluding hydrogens is 1100 g/mol. The zero-order chi connectivity index (χ0) is 65.2. The summed E-state index contributed by atoms with van der Waals surface area (Å²) in [5.41, 5.74) is 6.27. The molecular formula is C76H110N4O8. The Morgan fingerprint density at radius 1 is 0.364 bits per heavy atom. The molecule has 0 heterocycles. The van der Waals surface area contributed by atoms with E-state index >= 15 is 0 Å². The van der Waals surface area contributed by atoms with Crippen molar-refractivity contribution in [2.75, 3.05) is 0 Å². The van der Waals surface area contributed by atoms with Crippen molar-refractivity contribution in [3.8, 4) is 34.5 Å². The van der Waals surface area contributed by atoms with Crippen LogP contribution in [0.4, 0.5) is 0 Å². The number of nitrogens with zero attached hydrogens (tertiary/aromatic N) is 4. The molecule has 6 rings (SSSR count). The third-order valence-electron chi connectivity index (χ3n) is 17.5. The van der Waals surface area contributed by atoms with Crippen molar-refractivity contribution in [1.29, 1.82) is 0 Å². The number of carbonyl (C=O) groups excluding carboxylic acids is 2. The van der Waals surface area contributed by atoms with Gasteiger partial charge in [0.05, 0.1) is 24.2 Å². The van der Waals surface area contributed by atoms with Crippen LogP contribution in [0.5, 0.6) is 34.5 Å². The molecule has 0 bridgehead atoms. The number of hydrogen-bond donors (Lipinski definition) is 4. The Morgan fingerprint density at radius 2 is 0.602 bits per heavy atom. The fourth-order valence-electron chi connectivity index (χ4n) is 11.8. The van der Waals surface area contributed by atoms with Crippen molar-refractivity contribution in [1.82, 2.24) is 0 Å². The number of carbonyl (C=O) groups is 2. The van der Waals surface area contributed by atoms with E-state index in [1.165, 1.54) is 0 Å². The number of hydrogen-bond acceptors (Lipinski definition) is 12. The van der Waals surface area contributed by atoms with Gasteiger partial charge in [-0.2, -0.15) is 0 Å². The quantitative estimate of drug-likeness (QED) is 0.0275. The van der Waals surface area contributed by atoms with Gasteiger partial charge in [0.25, 0.3) is 0 Å². The van der Waals surface area contributed by atoms with Crippen LogP contribution in [0.1, 0.15) is 296 Å². The van der Waals surface area contributed by atoms with Crippen LogP contribution in [-0.2, 0) is 42.1 Å². The molecule has 88 heavy (non-hydrogen) atoms. The zero-order valence-electron chi connectivity index (χ0n) is 57.2. The summed E-state index contributed by atoms with van der Waals surface area (Å²) in [5.74, 6) is 0.907. The first-order chi connectivity index (χ1) is 40.9. The number of unbranched alkanes of at least 4 members (excludes halogenated alkanes) is 7. The molecule has 4 N–H and O–H groups in total. The van der Waals surface area contributed by atoms with Crippen LogP contribution in [0.2, 0.25) is 0 Å². The standard InChI is InChI=1S/C76H110N4O8/c1-71(2,3)53-37-49(67(83)57(41-53)73(7,8)9)45-77-61-31-27-29-33-63(61)79-47-51-39-55(43-59(69(51)85)75(13,14)15)87-65(81)35-25-23-21-19-20-22-24-26-36-66(82)88-56-40-52(70(86)60(44-56)76(16,17)18)48-80-64-34-30-28-32-62(64)78-46-50-38-54(72(4,5)6)42-58(68(50)84)74(10,11)12/h37-48,61-64,83-86H,19-36H2,1-18H3/t61-,62-,63-,64-/m1/s1. The van der Waals surface area contributed by atoms with Gasteiger partial charge in [0.1, 0.15) is 34.5 Å². The third kappa shape index (κ3) is 20.1. The van der Waals surface area contributed by atoms with E-state index in [2.05, 4.69) is 95.2 Å². The third-order valence-corrected chi connectivity index (χ3v) is 17.5. The maximum absolute atomic E-state index is 13.3. The molecule has 2 aliphatic rings. The highest BCUT2D eigenvalue weighted by molar-refractivity contribution is 5.88. The summed E-state index contributed by atoms with van der Waals surface area (Å²) < 4.78 is 11.9. The number of rotatable bonds is 21. The summed E-state index contributed by atoms with van der Waals surface area (Å²) in [4.78, 5) is 46.7. The van der Waals surface area contributed by atoms with Crippen molar-refractivity contribution >= 4 is 36.8 Å². The summed E-state index contributed by atoms with van der Waals surface area (Å²) in [6.45, 7) is 37.9. The Morgan fingerprint density at radius 3 is 0.852 bits per heavy atom. The van der Waals surface area contributed by atoms with E-state index in [4.69, 9.17) is 29.4 Å². The molecule has 4 aromatic rings. The summed E-state index contributed by atoms with van der Waals surface area (Å²) in [5, 5.41) is 46.0. The molecule has 4 atom stereocenters. The first-order valence-corrected chi connectivity index (χ1v) is 33.0. The first-order valence-electron chi connectivity index (χ1n) is 33.0. The fraction of sp³-hybridized carbons (Fsp3) is 0.605. The van der Waals surface area contributed by atoms with Gasteiger partial charge in [-0.15, -0.1) is 0 Å². The molecule has 12 heteroatoms. The minimum Gasteiger partial charge on any atom is -0.507 e. The van der Waals surface area contributed by atoms with Gasteiger partial charge in [-0.05, 0) is 119 Å². The summed E-state index contributed by atoms with van der Waals surface area (Å²) in [7, 11) is 0. The van der Waals surface area contributed by atoms with Gasteiger partial charge in [-0.3, -0.25) is 29.6 Å². The molecule has 2 fully saturated rings. The molecule has 0 aromatic heterocycles. The minimum absolute atomic E-state index is 0.0926. The van der Waals surface area contributed by atoms with E-state index in [0.29, 0.717) is 57.7 Å². The van der Waals surface area contributed by atoms with Gasteiger partial charge in [0, 0.05) is 82.2 Å². The number of phenolic OH excluding ortho intramolecular Hbond substituents is 4. The van der Waals surface area contributed by atoms with Crippen molar-refractivity contribution in [2.45, 2.75) is 297 Å². The van der Waals surface area contributed by atoms with Gasteiger partial charge >= 0.3 is 11.9 Å². The lowest BCUT2D eigenvalue weighted by molar-refractivity contribution is -0.135. The number of aliphatic imine (C=N–C) groups is 4. The predicted octanol–water partition coefficient (Wildman–Crippen LogP) is 18.4. The second-order valence-corrected chi connectivity index (χ2v) is 31.5. The highest BCUT2D eigenvalue weighted by Crippen LogP contribution is 2.42. The molecule has 2 aliphatic carbocycles. The first kappa shape index (κ1) is 70.8. The number of esters is 2. The molecule has 0 amide bonds. The lowest BCUT2D eigenvalue weighted by atomic mass is 9.79. The van der Waals surface area contributed by atoms with E-state index in [1.54, 1.807) is 36.7 Å². The van der Waals surface area contributed by atoms with Crippen molar-refractivity contribution in [3.63, 3.8) is 0 Å². The second kappa shape index (κ2) is 29.6. The maximum Gasteiger partial charge on any atom is 0.311 e. The average Bonchev–Trinajstić information content (AvgIpc) is 1.07. The molecule has 0 saturated heterocycles. The molecule has 482 valence electrons.